The number of benzene rings is 1. The van der Waals surface area contributed by atoms with Gasteiger partial charge in [-0.15, -0.1) is 0 Å². The fourth-order valence-corrected chi connectivity index (χ4v) is 5.76. The molecule has 1 amide bonds. The molecule has 0 saturated carbocycles. The Kier molecular flexibility index (Phi) is 7.65. The Labute approximate surface area is 199 Å². The summed E-state index contributed by atoms with van der Waals surface area (Å²) >= 11 is 0. The van der Waals surface area contributed by atoms with Crippen molar-refractivity contribution in [1.29, 1.82) is 0 Å². The third kappa shape index (κ3) is 5.38. The molecule has 0 bridgehead atoms. The lowest BCUT2D eigenvalue weighted by Crippen LogP contribution is -2.48. The Hall–Kier alpha value is -2.05. The highest BCUT2D eigenvalue weighted by molar-refractivity contribution is 5.99. The maximum absolute atomic E-state index is 12.4. The molecule has 1 aromatic heterocycles. The number of ether oxygens (including phenoxy) is 1. The molecule has 2 N–H and O–H groups in total. The highest BCUT2D eigenvalue weighted by atomic mass is 16.5. The first-order chi connectivity index (χ1) is 15.8. The second-order valence-electron chi connectivity index (χ2n) is 10.6. The van der Waals surface area contributed by atoms with Crippen LogP contribution in [0.2, 0.25) is 0 Å². The van der Waals surface area contributed by atoms with Crippen molar-refractivity contribution in [3.05, 3.63) is 30.0 Å². The molecule has 2 aliphatic rings. The van der Waals surface area contributed by atoms with Crippen LogP contribution in [0.3, 0.4) is 0 Å². The van der Waals surface area contributed by atoms with Crippen LogP contribution in [0.1, 0.15) is 76.3 Å². The normalized spacial score (nSPS) is 23.4. The number of amides is 1. The Bertz CT molecular complexity index is 935. The van der Waals surface area contributed by atoms with E-state index in [1.54, 1.807) is 0 Å². The van der Waals surface area contributed by atoms with Crippen LogP contribution in [0, 0.1) is 5.92 Å². The van der Waals surface area contributed by atoms with Gasteiger partial charge in [0, 0.05) is 49.7 Å². The van der Waals surface area contributed by atoms with E-state index in [-0.39, 0.29) is 11.9 Å². The van der Waals surface area contributed by atoms with Crippen LogP contribution in [0.5, 0.6) is 5.75 Å². The fraction of sp³-hybridized carbons (Fsp3) is 0.667. The predicted octanol–water partition coefficient (Wildman–Crippen LogP) is 4.67. The number of hydrogen-bond acceptors (Lipinski definition) is 4. The van der Waals surface area contributed by atoms with Crippen molar-refractivity contribution >= 4 is 16.8 Å². The van der Waals surface area contributed by atoms with E-state index < -0.39 is 0 Å². The van der Waals surface area contributed by atoms with Crippen molar-refractivity contribution in [2.45, 2.75) is 77.9 Å². The van der Waals surface area contributed by atoms with Gasteiger partial charge in [-0.25, -0.2) is 0 Å². The first-order valence-electron chi connectivity index (χ1n) is 12.9. The zero-order valence-corrected chi connectivity index (χ0v) is 20.9. The Morgan fingerprint density at radius 2 is 1.79 bits per heavy atom. The lowest BCUT2D eigenvalue weighted by Gasteiger charge is -2.41. The van der Waals surface area contributed by atoms with Crippen LogP contribution < -0.4 is 10.5 Å². The van der Waals surface area contributed by atoms with Crippen molar-refractivity contribution in [2.75, 3.05) is 32.8 Å². The summed E-state index contributed by atoms with van der Waals surface area (Å²) in [6, 6.07) is 9.72. The van der Waals surface area contributed by atoms with Gasteiger partial charge in [0.05, 0.1) is 12.1 Å². The summed E-state index contributed by atoms with van der Waals surface area (Å²) in [6.45, 7) is 14.1. The number of nitrogens with two attached hydrogens (primary N) is 1. The van der Waals surface area contributed by atoms with Gasteiger partial charge >= 0.3 is 0 Å². The van der Waals surface area contributed by atoms with Crippen LogP contribution in [0.4, 0.5) is 0 Å². The SMILES string of the molecule is CC(C)COc1cccc2c1cc(C(N)=O)n2C1CCN(CCN2[C@H](C)CCC[C@@H]2C)CC1. The van der Waals surface area contributed by atoms with E-state index in [2.05, 4.69) is 48.1 Å². The number of aromatic nitrogens is 1. The van der Waals surface area contributed by atoms with E-state index in [4.69, 9.17) is 10.5 Å². The number of hydrogen-bond donors (Lipinski definition) is 1. The number of nitrogens with zero attached hydrogens (tertiary/aromatic N) is 3. The maximum Gasteiger partial charge on any atom is 0.265 e. The van der Waals surface area contributed by atoms with Gasteiger partial charge in [-0.2, -0.15) is 0 Å². The number of primary amides is 1. The molecule has 2 aromatic rings. The molecule has 0 unspecified atom stereocenters. The second kappa shape index (κ2) is 10.5. The van der Waals surface area contributed by atoms with E-state index in [0.717, 1.165) is 55.7 Å². The molecule has 2 fully saturated rings. The smallest absolute Gasteiger partial charge is 0.265 e. The molecule has 4 rings (SSSR count). The lowest BCUT2D eigenvalue weighted by molar-refractivity contribution is 0.0794. The highest BCUT2D eigenvalue weighted by Gasteiger charge is 2.28. The lowest BCUT2D eigenvalue weighted by atomic mass is 9.97. The van der Waals surface area contributed by atoms with Crippen molar-refractivity contribution < 1.29 is 9.53 Å². The van der Waals surface area contributed by atoms with Gasteiger partial charge in [-0.1, -0.05) is 26.3 Å². The zero-order chi connectivity index (χ0) is 23.5. The van der Waals surface area contributed by atoms with Gasteiger partial charge in [-0.3, -0.25) is 9.69 Å². The predicted molar refractivity (Wildman–Crippen MR) is 135 cm³/mol. The minimum Gasteiger partial charge on any atom is -0.493 e. The number of piperidine rings is 2. The van der Waals surface area contributed by atoms with Crippen LogP contribution in [-0.4, -0.2) is 65.1 Å². The van der Waals surface area contributed by atoms with E-state index in [9.17, 15) is 4.79 Å². The zero-order valence-electron chi connectivity index (χ0n) is 20.9. The van der Waals surface area contributed by atoms with Crippen molar-refractivity contribution in [2.24, 2.45) is 11.7 Å². The number of fused-ring (bicyclic) bond motifs is 1. The third-order valence-corrected chi connectivity index (χ3v) is 7.64. The molecule has 0 radical (unpaired) electrons. The largest absolute Gasteiger partial charge is 0.493 e. The monoisotopic (exact) mass is 454 g/mol. The molecule has 6 nitrogen and oxygen atoms in total. The number of carbonyl (C=O) groups excluding carboxylic acids is 1. The molecule has 0 spiro atoms. The van der Waals surface area contributed by atoms with Crippen LogP contribution in [0.15, 0.2) is 24.3 Å². The van der Waals surface area contributed by atoms with Gasteiger partial charge in [0.2, 0.25) is 0 Å². The molecular weight excluding hydrogens is 412 g/mol. The molecule has 0 aliphatic carbocycles. The van der Waals surface area contributed by atoms with E-state index >= 15 is 0 Å². The summed E-state index contributed by atoms with van der Waals surface area (Å²) < 4.78 is 8.25. The van der Waals surface area contributed by atoms with Crippen molar-refractivity contribution in [3.63, 3.8) is 0 Å². The number of rotatable bonds is 8. The minimum atomic E-state index is -0.364. The van der Waals surface area contributed by atoms with Gasteiger partial charge < -0.3 is 19.9 Å². The quantitative estimate of drug-likeness (QED) is 0.629. The minimum absolute atomic E-state index is 0.287. The summed E-state index contributed by atoms with van der Waals surface area (Å²) in [5.74, 6) is 0.916. The molecule has 2 aliphatic heterocycles. The topological polar surface area (TPSA) is 63.7 Å². The summed E-state index contributed by atoms with van der Waals surface area (Å²) in [6.07, 6.45) is 6.08. The molecule has 33 heavy (non-hydrogen) atoms. The van der Waals surface area contributed by atoms with Crippen LogP contribution >= 0.6 is 0 Å². The summed E-state index contributed by atoms with van der Waals surface area (Å²) in [5.41, 5.74) is 7.48. The Balaban J connectivity index is 1.45. The van der Waals surface area contributed by atoms with Crippen LogP contribution in [0.25, 0.3) is 10.9 Å². The second-order valence-corrected chi connectivity index (χ2v) is 10.6. The maximum atomic E-state index is 12.4. The van der Waals surface area contributed by atoms with Gasteiger partial charge in [-0.05, 0) is 63.6 Å². The van der Waals surface area contributed by atoms with Crippen molar-refractivity contribution in [1.82, 2.24) is 14.4 Å². The number of carbonyl (C=O) groups is 1. The molecule has 6 heteroatoms. The summed E-state index contributed by atoms with van der Waals surface area (Å²) in [5, 5.41) is 0.988. The standard InChI is InChI=1S/C27H42N4O2/c1-19(2)18-33-26-10-6-9-24-23(26)17-25(27(28)32)31(24)22-11-13-29(14-12-22)15-16-30-20(3)7-5-8-21(30)4/h6,9-10,17,19-22H,5,7-8,11-16,18H2,1-4H3,(H2,28,32)/t20-,21+. The van der Waals surface area contributed by atoms with Crippen molar-refractivity contribution in [3.8, 4) is 5.75 Å². The first kappa shape index (κ1) is 24.1. The first-order valence-corrected chi connectivity index (χ1v) is 12.9. The van der Waals surface area contributed by atoms with Crippen LogP contribution in [-0.2, 0) is 0 Å². The Morgan fingerprint density at radius 1 is 1.09 bits per heavy atom. The Morgan fingerprint density at radius 3 is 2.42 bits per heavy atom. The molecule has 2 atom stereocenters. The van der Waals surface area contributed by atoms with Gasteiger partial charge in [0.15, 0.2) is 0 Å². The van der Waals surface area contributed by atoms with E-state index in [0.29, 0.717) is 30.3 Å². The van der Waals surface area contributed by atoms with E-state index in [1.165, 1.54) is 19.3 Å². The molecular formula is C27H42N4O2. The summed E-state index contributed by atoms with van der Waals surface area (Å²) in [7, 11) is 0. The molecule has 182 valence electrons. The molecule has 2 saturated heterocycles. The highest BCUT2D eigenvalue weighted by Crippen LogP contribution is 2.35. The van der Waals surface area contributed by atoms with Gasteiger partial charge in [0.25, 0.3) is 5.91 Å². The fourth-order valence-electron chi connectivity index (χ4n) is 5.76. The third-order valence-electron chi connectivity index (χ3n) is 7.64. The summed E-state index contributed by atoms with van der Waals surface area (Å²) in [4.78, 5) is 17.6. The number of likely N-dealkylation sites (tertiary alicyclic amines) is 2. The van der Waals surface area contributed by atoms with E-state index in [1.807, 2.05) is 18.2 Å². The average molecular weight is 455 g/mol. The van der Waals surface area contributed by atoms with Gasteiger partial charge in [0.1, 0.15) is 11.4 Å². The molecule has 1 aromatic carbocycles. The molecule has 3 heterocycles. The average Bonchev–Trinajstić information content (AvgIpc) is 3.18.